The average Bonchev–Trinajstić information content (AvgIpc) is 3.19. The zero-order valence-corrected chi connectivity index (χ0v) is 20.4. The van der Waals surface area contributed by atoms with Crippen LogP contribution in [0.4, 0.5) is 11.6 Å². The van der Waals surface area contributed by atoms with Crippen LogP contribution in [0.2, 0.25) is 0 Å². The molecule has 0 saturated carbocycles. The molecule has 4 rings (SSSR count). The molecule has 1 fully saturated rings. The van der Waals surface area contributed by atoms with Gasteiger partial charge < -0.3 is 4.57 Å². The Labute approximate surface area is 203 Å². The molecule has 0 atom stereocenters. The first-order valence-electron chi connectivity index (χ1n) is 11.3. The monoisotopic (exact) mass is 500 g/mol. The van der Waals surface area contributed by atoms with Gasteiger partial charge in [-0.25, -0.2) is 4.98 Å². The third-order valence-corrected chi connectivity index (χ3v) is 8.21. The number of benzene rings is 2. The van der Waals surface area contributed by atoms with Gasteiger partial charge in [0.15, 0.2) is 0 Å². The van der Waals surface area contributed by atoms with Crippen LogP contribution in [0.25, 0.3) is 11.0 Å². The minimum atomic E-state index is -3.49. The van der Waals surface area contributed by atoms with Crippen LogP contribution in [0.3, 0.4) is 0 Å². The quantitative estimate of drug-likeness (QED) is 0.374. The predicted octanol–water partition coefficient (Wildman–Crippen LogP) is 2.64. The number of para-hydroxylation sites is 2. The first-order valence-corrected chi connectivity index (χ1v) is 12.7. The van der Waals surface area contributed by atoms with E-state index < -0.39 is 15.1 Å². The molecule has 11 nitrogen and oxygen atoms in total. The summed E-state index contributed by atoms with van der Waals surface area (Å²) in [5, 5.41) is 13.8. The third-order valence-electron chi connectivity index (χ3n) is 6.27. The molecule has 1 aliphatic heterocycles. The average molecular weight is 501 g/mol. The largest absolute Gasteiger partial charge is 0.310 e. The van der Waals surface area contributed by atoms with Crippen LogP contribution in [0.1, 0.15) is 18.4 Å². The molecule has 1 aliphatic rings. The van der Waals surface area contributed by atoms with E-state index in [0.29, 0.717) is 31.8 Å². The molecule has 35 heavy (non-hydrogen) atoms. The van der Waals surface area contributed by atoms with Crippen molar-refractivity contribution in [3.8, 4) is 0 Å². The normalized spacial score (nSPS) is 15.5. The van der Waals surface area contributed by atoms with Gasteiger partial charge in [-0.15, -0.1) is 0 Å². The maximum absolute atomic E-state index is 13.1. The Hall–Kier alpha value is -3.35. The number of imidazole rings is 1. The number of carbonyl (C=O) groups is 1. The van der Waals surface area contributed by atoms with Crippen molar-refractivity contribution >= 4 is 38.8 Å². The number of non-ortho nitro benzene ring substituents is 1. The molecule has 0 unspecified atom stereocenters. The molecule has 0 aliphatic carbocycles. The molecule has 186 valence electrons. The Bertz CT molecular complexity index is 1330. The van der Waals surface area contributed by atoms with Gasteiger partial charge in [0.25, 0.3) is 15.9 Å². The lowest BCUT2D eigenvalue weighted by atomic mass is 9.97. The van der Waals surface area contributed by atoms with Gasteiger partial charge in [0, 0.05) is 51.8 Å². The molecule has 1 amide bonds. The summed E-state index contributed by atoms with van der Waals surface area (Å²) in [7, 11) is -0.501. The van der Waals surface area contributed by atoms with E-state index in [-0.39, 0.29) is 30.6 Å². The highest BCUT2D eigenvalue weighted by molar-refractivity contribution is 7.86. The minimum absolute atomic E-state index is 0.0409. The summed E-state index contributed by atoms with van der Waals surface area (Å²) >= 11 is 0. The number of nitro groups is 1. The van der Waals surface area contributed by atoms with Crippen LogP contribution in [0.5, 0.6) is 0 Å². The molecule has 1 aromatic heterocycles. The van der Waals surface area contributed by atoms with Crippen molar-refractivity contribution in [1.29, 1.82) is 0 Å². The summed E-state index contributed by atoms with van der Waals surface area (Å²) in [6.45, 7) is 1.10. The lowest BCUT2D eigenvalue weighted by Crippen LogP contribution is -2.46. The molecular formula is C23H28N6O5S. The predicted molar refractivity (Wildman–Crippen MR) is 132 cm³/mol. The van der Waals surface area contributed by atoms with Crippen LogP contribution in [0, 0.1) is 16.0 Å². The number of piperidine rings is 1. The SMILES string of the molecule is CN(C)S(=O)(=O)N1CCC(C(=O)Nc2nc3ccccc3n2CCc2ccc([N+](=O)[O-])cc2)CC1. The fraction of sp³-hybridized carbons (Fsp3) is 0.391. The lowest BCUT2D eigenvalue weighted by Gasteiger charge is -2.32. The van der Waals surface area contributed by atoms with Crippen molar-refractivity contribution in [2.45, 2.75) is 25.8 Å². The Morgan fingerprint density at radius 1 is 1.14 bits per heavy atom. The number of fused-ring (bicyclic) bond motifs is 1. The number of amides is 1. The topological polar surface area (TPSA) is 131 Å². The van der Waals surface area contributed by atoms with E-state index in [1.807, 2.05) is 28.8 Å². The second kappa shape index (κ2) is 10.1. The van der Waals surface area contributed by atoms with Gasteiger partial charge >= 0.3 is 0 Å². The van der Waals surface area contributed by atoms with E-state index in [4.69, 9.17) is 0 Å². The third kappa shape index (κ3) is 5.34. The van der Waals surface area contributed by atoms with Gasteiger partial charge in [0.2, 0.25) is 11.9 Å². The van der Waals surface area contributed by atoms with Crippen molar-refractivity contribution in [2.24, 2.45) is 5.92 Å². The lowest BCUT2D eigenvalue weighted by molar-refractivity contribution is -0.384. The standard InChI is InChI=1S/C23H28N6O5S/c1-26(2)35(33,34)27-14-12-18(13-15-27)22(30)25-23-24-20-5-3-4-6-21(20)28(23)16-11-17-7-9-19(10-8-17)29(31)32/h3-10,18H,11-16H2,1-2H3,(H,24,25,30). The van der Waals surface area contributed by atoms with Crippen molar-refractivity contribution in [2.75, 3.05) is 32.5 Å². The van der Waals surface area contributed by atoms with Crippen molar-refractivity contribution in [3.05, 3.63) is 64.2 Å². The van der Waals surface area contributed by atoms with Crippen LogP contribution in [-0.4, -0.2) is 64.6 Å². The summed E-state index contributed by atoms with van der Waals surface area (Å²) in [6, 6.07) is 14.0. The fourth-order valence-corrected chi connectivity index (χ4v) is 5.35. The molecule has 3 aromatic rings. The molecular weight excluding hydrogens is 472 g/mol. The number of aromatic nitrogens is 2. The Morgan fingerprint density at radius 3 is 2.43 bits per heavy atom. The number of hydrogen-bond donors (Lipinski definition) is 1. The minimum Gasteiger partial charge on any atom is -0.310 e. The zero-order valence-electron chi connectivity index (χ0n) is 19.6. The molecule has 0 bridgehead atoms. The number of rotatable bonds is 8. The van der Waals surface area contributed by atoms with E-state index >= 15 is 0 Å². The van der Waals surface area contributed by atoms with E-state index in [1.165, 1.54) is 34.8 Å². The zero-order chi connectivity index (χ0) is 25.2. The second-order valence-corrected chi connectivity index (χ2v) is 10.8. The molecule has 2 heterocycles. The molecule has 0 radical (unpaired) electrons. The van der Waals surface area contributed by atoms with Gasteiger partial charge in [-0.2, -0.15) is 17.0 Å². The van der Waals surface area contributed by atoms with E-state index in [9.17, 15) is 23.3 Å². The first kappa shape index (κ1) is 24.8. The number of nitrogens with one attached hydrogen (secondary N) is 1. The Balaban J connectivity index is 1.47. The van der Waals surface area contributed by atoms with E-state index in [2.05, 4.69) is 10.3 Å². The Kier molecular flexibility index (Phi) is 7.15. The highest BCUT2D eigenvalue weighted by Crippen LogP contribution is 2.25. The summed E-state index contributed by atoms with van der Waals surface area (Å²) in [6.07, 6.45) is 1.46. The second-order valence-electron chi connectivity index (χ2n) is 8.70. The molecule has 12 heteroatoms. The maximum Gasteiger partial charge on any atom is 0.281 e. The molecule has 1 N–H and O–H groups in total. The number of nitrogens with zero attached hydrogens (tertiary/aromatic N) is 5. The fourth-order valence-electron chi connectivity index (χ4n) is 4.21. The highest BCUT2D eigenvalue weighted by Gasteiger charge is 2.32. The number of anilines is 1. The number of nitro benzene ring substituents is 1. The number of carbonyl (C=O) groups excluding carboxylic acids is 1. The van der Waals surface area contributed by atoms with Crippen molar-refractivity contribution in [3.63, 3.8) is 0 Å². The van der Waals surface area contributed by atoms with Gasteiger partial charge in [0.05, 0.1) is 16.0 Å². The summed E-state index contributed by atoms with van der Waals surface area (Å²) < 4.78 is 29.2. The van der Waals surface area contributed by atoms with Crippen LogP contribution >= 0.6 is 0 Å². The van der Waals surface area contributed by atoms with Crippen LogP contribution in [0.15, 0.2) is 48.5 Å². The number of hydrogen-bond acceptors (Lipinski definition) is 6. The summed E-state index contributed by atoms with van der Waals surface area (Å²) in [4.78, 5) is 28.1. The van der Waals surface area contributed by atoms with Gasteiger partial charge in [-0.05, 0) is 37.0 Å². The van der Waals surface area contributed by atoms with Gasteiger partial charge in [0.1, 0.15) is 0 Å². The van der Waals surface area contributed by atoms with Crippen LogP contribution < -0.4 is 5.32 Å². The van der Waals surface area contributed by atoms with Crippen LogP contribution in [-0.2, 0) is 28.0 Å². The van der Waals surface area contributed by atoms with Gasteiger partial charge in [-0.1, -0.05) is 24.3 Å². The number of aryl methyl sites for hydroxylation is 2. The van der Waals surface area contributed by atoms with Crippen molar-refractivity contribution < 1.29 is 18.1 Å². The first-order chi connectivity index (χ1) is 16.7. The Morgan fingerprint density at radius 2 is 1.80 bits per heavy atom. The molecule has 1 saturated heterocycles. The smallest absolute Gasteiger partial charge is 0.281 e. The van der Waals surface area contributed by atoms with Crippen molar-refractivity contribution in [1.82, 2.24) is 18.2 Å². The van der Waals surface area contributed by atoms with Gasteiger partial charge in [-0.3, -0.25) is 20.2 Å². The molecule has 2 aromatic carbocycles. The highest BCUT2D eigenvalue weighted by atomic mass is 32.2. The molecule has 0 spiro atoms. The van der Waals surface area contributed by atoms with E-state index in [1.54, 1.807) is 12.1 Å². The maximum atomic E-state index is 13.1. The van der Waals surface area contributed by atoms with E-state index in [0.717, 1.165) is 16.6 Å². The summed E-state index contributed by atoms with van der Waals surface area (Å²) in [5.41, 5.74) is 2.59. The summed E-state index contributed by atoms with van der Waals surface area (Å²) in [5.74, 6) is -0.0632.